The Hall–Kier alpha value is -1.07. The molecule has 0 bridgehead atoms. The van der Waals surface area contributed by atoms with Crippen LogP contribution in [-0.4, -0.2) is 26.6 Å². The van der Waals surface area contributed by atoms with Crippen molar-refractivity contribution in [1.29, 1.82) is 0 Å². The van der Waals surface area contributed by atoms with Gasteiger partial charge in [0.25, 0.3) is 0 Å². The highest BCUT2D eigenvalue weighted by Gasteiger charge is 2.09. The summed E-state index contributed by atoms with van der Waals surface area (Å²) in [6.07, 6.45) is 1.21. The maximum absolute atomic E-state index is 11.1. The second-order valence-electron chi connectivity index (χ2n) is 4.37. The minimum absolute atomic E-state index is 0.0478. The third-order valence-corrected chi connectivity index (χ3v) is 3.21. The van der Waals surface area contributed by atoms with Crippen molar-refractivity contribution in [3.05, 3.63) is 27.7 Å². The topological polar surface area (TPSA) is 50.4 Å². The molecule has 0 aliphatic rings. The molecular formula is C14H21BrN2O2. The summed E-state index contributed by atoms with van der Waals surface area (Å²) < 4.78 is 6.88. The Kier molecular flexibility index (Phi) is 6.87. The molecule has 0 unspecified atom stereocenters. The molecule has 0 saturated carbocycles. The van der Waals surface area contributed by atoms with E-state index in [-0.39, 0.29) is 5.91 Å². The standard InChI is InChI=1S/C14H21BrN2O2/c1-10-7-12(15)8-11(9-16-2)14(10)19-6-4-5-13(18)17-3/h7-8,16H,4-6,9H2,1-3H3,(H,17,18). The largest absolute Gasteiger partial charge is 0.493 e. The number of halogens is 1. The summed E-state index contributed by atoms with van der Waals surface area (Å²) in [5, 5.41) is 5.74. The van der Waals surface area contributed by atoms with Crippen LogP contribution in [0.25, 0.3) is 0 Å². The number of benzene rings is 1. The van der Waals surface area contributed by atoms with Crippen molar-refractivity contribution in [2.75, 3.05) is 20.7 Å². The van der Waals surface area contributed by atoms with Crippen molar-refractivity contribution in [1.82, 2.24) is 10.6 Å². The predicted octanol–water partition coefficient (Wildman–Crippen LogP) is 2.38. The zero-order valence-electron chi connectivity index (χ0n) is 11.7. The van der Waals surface area contributed by atoms with Gasteiger partial charge in [0.15, 0.2) is 0 Å². The van der Waals surface area contributed by atoms with E-state index < -0.39 is 0 Å². The lowest BCUT2D eigenvalue weighted by molar-refractivity contribution is -0.120. The Morgan fingerprint density at radius 3 is 2.74 bits per heavy atom. The lowest BCUT2D eigenvalue weighted by atomic mass is 10.1. The second-order valence-corrected chi connectivity index (χ2v) is 5.28. The van der Waals surface area contributed by atoms with Crippen LogP contribution in [0, 0.1) is 6.92 Å². The van der Waals surface area contributed by atoms with Crippen LogP contribution in [0.2, 0.25) is 0 Å². The number of ether oxygens (including phenoxy) is 1. The first-order valence-electron chi connectivity index (χ1n) is 6.35. The monoisotopic (exact) mass is 328 g/mol. The van der Waals surface area contributed by atoms with Crippen molar-refractivity contribution in [2.45, 2.75) is 26.3 Å². The molecule has 1 aromatic rings. The Bertz CT molecular complexity index is 436. The number of hydrogen-bond acceptors (Lipinski definition) is 3. The number of aryl methyl sites for hydroxylation is 1. The van der Waals surface area contributed by atoms with Crippen LogP contribution in [-0.2, 0) is 11.3 Å². The molecule has 1 amide bonds. The van der Waals surface area contributed by atoms with Gasteiger partial charge in [-0.05, 0) is 38.1 Å². The summed E-state index contributed by atoms with van der Waals surface area (Å²) >= 11 is 3.49. The average Bonchev–Trinajstić information content (AvgIpc) is 2.36. The van der Waals surface area contributed by atoms with Crippen LogP contribution in [0.15, 0.2) is 16.6 Å². The zero-order valence-corrected chi connectivity index (χ0v) is 13.3. The molecule has 0 heterocycles. The number of rotatable bonds is 7. The van der Waals surface area contributed by atoms with E-state index in [1.165, 1.54) is 0 Å². The Morgan fingerprint density at radius 1 is 1.37 bits per heavy atom. The van der Waals surface area contributed by atoms with Gasteiger partial charge in [-0.15, -0.1) is 0 Å². The molecule has 0 saturated heterocycles. The third kappa shape index (κ3) is 5.20. The molecule has 0 fully saturated rings. The van der Waals surface area contributed by atoms with Crippen LogP contribution in [0.4, 0.5) is 0 Å². The molecule has 5 heteroatoms. The second kappa shape index (κ2) is 8.17. The average molecular weight is 329 g/mol. The predicted molar refractivity (Wildman–Crippen MR) is 80.4 cm³/mol. The molecule has 1 rings (SSSR count). The maximum Gasteiger partial charge on any atom is 0.219 e. The lowest BCUT2D eigenvalue weighted by Gasteiger charge is -2.14. The van der Waals surface area contributed by atoms with Gasteiger partial charge in [0.05, 0.1) is 6.61 Å². The van der Waals surface area contributed by atoms with Crippen LogP contribution in [0.1, 0.15) is 24.0 Å². The number of carbonyl (C=O) groups excluding carboxylic acids is 1. The Morgan fingerprint density at radius 2 is 2.11 bits per heavy atom. The number of carbonyl (C=O) groups is 1. The van der Waals surface area contributed by atoms with Crippen LogP contribution in [0.3, 0.4) is 0 Å². The molecule has 1 aromatic carbocycles. The molecule has 0 radical (unpaired) electrons. The van der Waals surface area contributed by atoms with Gasteiger partial charge in [-0.3, -0.25) is 4.79 Å². The molecular weight excluding hydrogens is 308 g/mol. The molecule has 0 aliphatic carbocycles. The smallest absolute Gasteiger partial charge is 0.219 e. The van der Waals surface area contributed by atoms with Gasteiger partial charge in [0.2, 0.25) is 5.91 Å². The molecule has 4 nitrogen and oxygen atoms in total. The minimum atomic E-state index is 0.0478. The lowest BCUT2D eigenvalue weighted by Crippen LogP contribution is -2.18. The van der Waals surface area contributed by atoms with E-state index in [1.54, 1.807) is 7.05 Å². The molecule has 19 heavy (non-hydrogen) atoms. The van der Waals surface area contributed by atoms with Crippen molar-refractivity contribution in [3.63, 3.8) is 0 Å². The van der Waals surface area contributed by atoms with Crippen LogP contribution < -0.4 is 15.4 Å². The van der Waals surface area contributed by atoms with Crippen molar-refractivity contribution in [3.8, 4) is 5.75 Å². The highest BCUT2D eigenvalue weighted by molar-refractivity contribution is 9.10. The Labute approximate surface area is 123 Å². The van der Waals surface area contributed by atoms with Gasteiger partial charge in [-0.1, -0.05) is 15.9 Å². The van der Waals surface area contributed by atoms with E-state index in [4.69, 9.17) is 4.74 Å². The van der Waals surface area contributed by atoms with Crippen LogP contribution >= 0.6 is 15.9 Å². The SMILES string of the molecule is CNCc1cc(Br)cc(C)c1OCCCC(=O)NC. The van der Waals surface area contributed by atoms with Crippen molar-refractivity contribution < 1.29 is 9.53 Å². The normalized spacial score (nSPS) is 10.3. The highest BCUT2D eigenvalue weighted by atomic mass is 79.9. The van der Waals surface area contributed by atoms with E-state index >= 15 is 0 Å². The molecule has 0 aliphatic heterocycles. The fourth-order valence-electron chi connectivity index (χ4n) is 1.86. The fraction of sp³-hybridized carbons (Fsp3) is 0.500. The van der Waals surface area contributed by atoms with Crippen molar-refractivity contribution >= 4 is 21.8 Å². The molecule has 106 valence electrons. The highest BCUT2D eigenvalue weighted by Crippen LogP contribution is 2.28. The first-order valence-corrected chi connectivity index (χ1v) is 7.14. The summed E-state index contributed by atoms with van der Waals surface area (Å²) in [5.41, 5.74) is 2.22. The van der Waals surface area contributed by atoms with Gasteiger partial charge < -0.3 is 15.4 Å². The molecule has 0 atom stereocenters. The number of nitrogens with one attached hydrogen (secondary N) is 2. The van der Waals surface area contributed by atoms with Gasteiger partial charge in [0.1, 0.15) is 5.75 Å². The quantitative estimate of drug-likeness (QED) is 0.755. The third-order valence-electron chi connectivity index (χ3n) is 2.76. The minimum Gasteiger partial charge on any atom is -0.493 e. The summed E-state index contributed by atoms with van der Waals surface area (Å²) in [5.74, 6) is 0.959. The molecule has 0 aromatic heterocycles. The zero-order chi connectivity index (χ0) is 14.3. The maximum atomic E-state index is 11.1. The summed E-state index contributed by atoms with van der Waals surface area (Å²) in [6, 6.07) is 4.09. The first kappa shape index (κ1) is 16.0. The summed E-state index contributed by atoms with van der Waals surface area (Å²) in [4.78, 5) is 11.1. The van der Waals surface area contributed by atoms with Gasteiger partial charge in [-0.2, -0.15) is 0 Å². The molecule has 2 N–H and O–H groups in total. The Balaban J connectivity index is 2.63. The van der Waals surface area contributed by atoms with E-state index in [0.29, 0.717) is 19.4 Å². The summed E-state index contributed by atoms with van der Waals surface area (Å²) in [6.45, 7) is 3.33. The van der Waals surface area contributed by atoms with Gasteiger partial charge in [-0.25, -0.2) is 0 Å². The number of amides is 1. The van der Waals surface area contributed by atoms with Crippen LogP contribution in [0.5, 0.6) is 5.75 Å². The van der Waals surface area contributed by atoms with Crippen molar-refractivity contribution in [2.24, 2.45) is 0 Å². The van der Waals surface area contributed by atoms with E-state index in [9.17, 15) is 4.79 Å². The van der Waals surface area contributed by atoms with Gasteiger partial charge >= 0.3 is 0 Å². The van der Waals surface area contributed by atoms with Gasteiger partial charge in [0, 0.05) is 30.0 Å². The van der Waals surface area contributed by atoms with E-state index in [1.807, 2.05) is 20.0 Å². The molecule has 0 spiro atoms. The first-order chi connectivity index (χ1) is 9.08. The van der Waals surface area contributed by atoms with E-state index in [0.717, 1.165) is 27.9 Å². The fourth-order valence-corrected chi connectivity index (χ4v) is 2.48. The number of hydrogen-bond donors (Lipinski definition) is 2. The van der Waals surface area contributed by atoms with E-state index in [2.05, 4.69) is 32.6 Å². The summed E-state index contributed by atoms with van der Waals surface area (Å²) in [7, 11) is 3.55.